The van der Waals surface area contributed by atoms with Gasteiger partial charge < -0.3 is 9.73 Å². The van der Waals surface area contributed by atoms with Gasteiger partial charge in [-0.3, -0.25) is 4.40 Å². The van der Waals surface area contributed by atoms with Crippen molar-refractivity contribution in [1.82, 2.24) is 14.7 Å². The molecule has 19 heavy (non-hydrogen) atoms. The molecule has 0 radical (unpaired) electrons. The number of furan rings is 1. The summed E-state index contributed by atoms with van der Waals surface area (Å²) in [5.41, 5.74) is 1.97. The van der Waals surface area contributed by atoms with Gasteiger partial charge in [0.25, 0.3) is 0 Å². The smallest absolute Gasteiger partial charge is 0.151 e. The van der Waals surface area contributed by atoms with Crippen molar-refractivity contribution in [2.24, 2.45) is 0 Å². The highest BCUT2D eigenvalue weighted by Gasteiger charge is 2.20. The molecule has 1 aliphatic carbocycles. The van der Waals surface area contributed by atoms with E-state index < -0.39 is 0 Å². The van der Waals surface area contributed by atoms with Crippen molar-refractivity contribution < 1.29 is 4.42 Å². The predicted octanol–water partition coefficient (Wildman–Crippen LogP) is 2.85. The minimum atomic E-state index is 0.700. The molecule has 3 aromatic rings. The minimum Gasteiger partial charge on any atom is -0.458 e. The maximum Gasteiger partial charge on any atom is 0.151 e. The first-order valence-electron chi connectivity index (χ1n) is 6.65. The van der Waals surface area contributed by atoms with Crippen molar-refractivity contribution in [3.8, 4) is 11.5 Å². The standard InChI is InChI=1S/C15H15N3O/c1-2-13(18-9-8-16-15(18)3-1)14-7-6-12(19-14)10-17-11-4-5-11/h1-3,6-9,11,17H,4-5,10H2. The van der Waals surface area contributed by atoms with Gasteiger partial charge in [-0.25, -0.2) is 4.98 Å². The molecule has 0 aromatic carbocycles. The van der Waals surface area contributed by atoms with Crippen molar-refractivity contribution in [1.29, 1.82) is 0 Å². The highest BCUT2D eigenvalue weighted by Crippen LogP contribution is 2.24. The molecule has 3 aromatic heterocycles. The molecule has 0 unspecified atom stereocenters. The topological polar surface area (TPSA) is 42.5 Å². The number of hydrogen-bond acceptors (Lipinski definition) is 3. The van der Waals surface area contributed by atoms with E-state index in [-0.39, 0.29) is 0 Å². The van der Waals surface area contributed by atoms with Crippen molar-refractivity contribution in [2.45, 2.75) is 25.4 Å². The normalized spacial score (nSPS) is 15.2. The van der Waals surface area contributed by atoms with E-state index in [1.54, 1.807) is 6.20 Å². The van der Waals surface area contributed by atoms with Crippen LogP contribution in [0, 0.1) is 0 Å². The Labute approximate surface area is 111 Å². The minimum absolute atomic E-state index is 0.700. The second-order valence-electron chi connectivity index (χ2n) is 4.99. The monoisotopic (exact) mass is 253 g/mol. The molecule has 0 atom stereocenters. The molecule has 96 valence electrons. The number of hydrogen-bond donors (Lipinski definition) is 1. The largest absolute Gasteiger partial charge is 0.458 e. The summed E-state index contributed by atoms with van der Waals surface area (Å²) >= 11 is 0. The Kier molecular flexibility index (Phi) is 2.42. The fraction of sp³-hybridized carbons (Fsp3) is 0.267. The second-order valence-corrected chi connectivity index (χ2v) is 4.99. The van der Waals surface area contributed by atoms with Crippen LogP contribution in [0.1, 0.15) is 18.6 Å². The zero-order valence-electron chi connectivity index (χ0n) is 10.5. The lowest BCUT2D eigenvalue weighted by Gasteiger charge is -2.02. The van der Waals surface area contributed by atoms with Crippen molar-refractivity contribution in [3.05, 3.63) is 48.5 Å². The molecule has 0 spiro atoms. The van der Waals surface area contributed by atoms with Crippen LogP contribution in [0.2, 0.25) is 0 Å². The molecule has 0 saturated heterocycles. The van der Waals surface area contributed by atoms with Gasteiger partial charge >= 0.3 is 0 Å². The number of fused-ring (bicyclic) bond motifs is 1. The average Bonchev–Trinajstić information content (AvgIpc) is 2.96. The maximum absolute atomic E-state index is 5.91. The molecule has 1 fully saturated rings. The highest BCUT2D eigenvalue weighted by atomic mass is 16.3. The molecular weight excluding hydrogens is 238 g/mol. The van der Waals surface area contributed by atoms with Crippen LogP contribution in [-0.2, 0) is 6.54 Å². The summed E-state index contributed by atoms with van der Waals surface area (Å²) in [6.45, 7) is 0.810. The van der Waals surface area contributed by atoms with E-state index in [9.17, 15) is 0 Å². The van der Waals surface area contributed by atoms with E-state index in [1.165, 1.54) is 12.8 Å². The average molecular weight is 253 g/mol. The van der Waals surface area contributed by atoms with E-state index in [0.29, 0.717) is 6.04 Å². The fourth-order valence-corrected chi connectivity index (χ4v) is 2.29. The molecule has 1 N–H and O–H groups in total. The number of imidazole rings is 1. The van der Waals surface area contributed by atoms with E-state index >= 15 is 0 Å². The van der Waals surface area contributed by atoms with Crippen molar-refractivity contribution in [2.75, 3.05) is 0 Å². The van der Waals surface area contributed by atoms with Gasteiger partial charge in [-0.2, -0.15) is 0 Å². The molecule has 1 saturated carbocycles. The lowest BCUT2D eigenvalue weighted by molar-refractivity contribution is 0.491. The zero-order valence-corrected chi connectivity index (χ0v) is 10.5. The van der Waals surface area contributed by atoms with Crippen LogP contribution in [0.25, 0.3) is 17.1 Å². The maximum atomic E-state index is 5.91. The second kappa shape index (κ2) is 4.24. The van der Waals surface area contributed by atoms with Gasteiger partial charge in [-0.15, -0.1) is 0 Å². The van der Waals surface area contributed by atoms with Crippen LogP contribution in [0.4, 0.5) is 0 Å². The molecule has 1 aliphatic rings. The number of rotatable bonds is 4. The van der Waals surface area contributed by atoms with Gasteiger partial charge in [0.2, 0.25) is 0 Å². The molecule has 4 heteroatoms. The van der Waals surface area contributed by atoms with Crippen LogP contribution in [0.3, 0.4) is 0 Å². The van der Waals surface area contributed by atoms with Gasteiger partial charge in [-0.1, -0.05) is 6.07 Å². The summed E-state index contributed by atoms with van der Waals surface area (Å²) in [5.74, 6) is 1.87. The summed E-state index contributed by atoms with van der Waals surface area (Å²) in [5, 5.41) is 3.46. The third kappa shape index (κ3) is 2.04. The number of aromatic nitrogens is 2. The Bertz CT molecular complexity index is 709. The zero-order chi connectivity index (χ0) is 12.7. The predicted molar refractivity (Wildman–Crippen MR) is 72.8 cm³/mol. The van der Waals surface area contributed by atoms with Gasteiger partial charge in [-0.05, 0) is 37.1 Å². The SMILES string of the molecule is c1cc(-c2ccc(CNC3CC3)o2)n2ccnc2c1. The fourth-order valence-electron chi connectivity index (χ4n) is 2.29. The first-order valence-corrected chi connectivity index (χ1v) is 6.65. The van der Waals surface area contributed by atoms with Crippen molar-refractivity contribution in [3.63, 3.8) is 0 Å². The third-order valence-corrected chi connectivity index (χ3v) is 3.48. The number of nitrogens with one attached hydrogen (secondary N) is 1. The molecular formula is C15H15N3O. The van der Waals surface area contributed by atoms with Crippen LogP contribution in [0.15, 0.2) is 47.1 Å². The van der Waals surface area contributed by atoms with Gasteiger partial charge in [0.05, 0.1) is 12.2 Å². The number of nitrogens with zero attached hydrogens (tertiary/aromatic N) is 2. The summed E-state index contributed by atoms with van der Waals surface area (Å²) < 4.78 is 7.95. The van der Waals surface area contributed by atoms with Crippen LogP contribution < -0.4 is 5.32 Å². The number of pyridine rings is 1. The van der Waals surface area contributed by atoms with E-state index in [2.05, 4.69) is 10.3 Å². The molecule has 0 bridgehead atoms. The summed E-state index contributed by atoms with van der Waals surface area (Å²) in [6, 6.07) is 10.8. The van der Waals surface area contributed by atoms with Gasteiger partial charge in [0.15, 0.2) is 5.76 Å². The summed E-state index contributed by atoms with van der Waals surface area (Å²) in [7, 11) is 0. The molecule has 4 rings (SSSR count). The Morgan fingerprint density at radius 3 is 3.11 bits per heavy atom. The van der Waals surface area contributed by atoms with Gasteiger partial charge in [0.1, 0.15) is 11.4 Å². The molecule has 0 amide bonds. The lowest BCUT2D eigenvalue weighted by Crippen LogP contribution is -2.14. The Morgan fingerprint density at radius 1 is 1.26 bits per heavy atom. The Hall–Kier alpha value is -2.07. The Morgan fingerprint density at radius 2 is 2.21 bits per heavy atom. The highest BCUT2D eigenvalue weighted by molar-refractivity contribution is 5.58. The first-order chi connectivity index (χ1) is 9.40. The van der Waals surface area contributed by atoms with Crippen LogP contribution >= 0.6 is 0 Å². The third-order valence-electron chi connectivity index (χ3n) is 3.48. The molecule has 3 heterocycles. The summed E-state index contributed by atoms with van der Waals surface area (Å²) in [4.78, 5) is 4.29. The van der Waals surface area contributed by atoms with E-state index in [0.717, 1.165) is 29.4 Å². The van der Waals surface area contributed by atoms with Gasteiger partial charge in [0, 0.05) is 18.4 Å². The first kappa shape index (κ1) is 10.8. The molecule has 4 nitrogen and oxygen atoms in total. The van der Waals surface area contributed by atoms with Crippen LogP contribution in [-0.4, -0.2) is 15.4 Å². The lowest BCUT2D eigenvalue weighted by atomic mass is 10.3. The Balaban J connectivity index is 1.65. The van der Waals surface area contributed by atoms with Crippen LogP contribution in [0.5, 0.6) is 0 Å². The van der Waals surface area contributed by atoms with Crippen molar-refractivity contribution >= 4 is 5.65 Å². The quantitative estimate of drug-likeness (QED) is 0.777. The molecule has 0 aliphatic heterocycles. The van der Waals surface area contributed by atoms with E-state index in [1.807, 2.05) is 40.9 Å². The van der Waals surface area contributed by atoms with E-state index in [4.69, 9.17) is 4.42 Å². The summed E-state index contributed by atoms with van der Waals surface area (Å²) in [6.07, 6.45) is 6.34.